The average molecular weight is 341 g/mol. The Bertz CT molecular complexity index is 700. The maximum absolute atomic E-state index is 11.0. The number of rotatable bonds is 6. The second-order valence-corrected chi connectivity index (χ2v) is 6.48. The van der Waals surface area contributed by atoms with E-state index in [1.807, 2.05) is 23.1 Å². The molecule has 132 valence electrons. The summed E-state index contributed by atoms with van der Waals surface area (Å²) in [5.41, 5.74) is 1.21. The zero-order chi connectivity index (χ0) is 17.6. The fourth-order valence-electron chi connectivity index (χ4n) is 3.32. The standard InChI is InChI=1S/C19H23N3O3/c23-17(7-6-14-4-2-1-3-5-14)15-8-10-22(11-9-15)18-13-20-12-16(21-18)19(24)25/h1-5,12-13,15,17,23H,6-11H2,(H,24,25). The van der Waals surface area contributed by atoms with Crippen molar-refractivity contribution in [1.29, 1.82) is 0 Å². The topological polar surface area (TPSA) is 86.5 Å². The van der Waals surface area contributed by atoms with Gasteiger partial charge in [0.2, 0.25) is 0 Å². The van der Waals surface area contributed by atoms with Crippen LogP contribution in [0, 0.1) is 5.92 Å². The predicted octanol–water partition coefficient (Wildman–Crippen LogP) is 2.38. The Balaban J connectivity index is 1.51. The van der Waals surface area contributed by atoms with Gasteiger partial charge >= 0.3 is 5.97 Å². The van der Waals surface area contributed by atoms with E-state index in [2.05, 4.69) is 22.1 Å². The lowest BCUT2D eigenvalue weighted by Crippen LogP contribution is -2.38. The SMILES string of the molecule is O=C(O)c1cncc(N2CCC(C(O)CCc3ccccc3)CC2)n1. The molecule has 0 bridgehead atoms. The maximum Gasteiger partial charge on any atom is 0.356 e. The number of anilines is 1. The Morgan fingerprint density at radius 2 is 1.92 bits per heavy atom. The summed E-state index contributed by atoms with van der Waals surface area (Å²) < 4.78 is 0. The van der Waals surface area contributed by atoms with Crippen LogP contribution in [0.1, 0.15) is 35.3 Å². The predicted molar refractivity (Wildman–Crippen MR) is 94.7 cm³/mol. The van der Waals surface area contributed by atoms with Crippen molar-refractivity contribution in [3.05, 3.63) is 54.0 Å². The number of carboxylic acids is 1. The number of aromatic nitrogens is 2. The molecular formula is C19H23N3O3. The van der Waals surface area contributed by atoms with Crippen molar-refractivity contribution in [2.45, 2.75) is 31.8 Å². The van der Waals surface area contributed by atoms with Crippen molar-refractivity contribution < 1.29 is 15.0 Å². The molecule has 0 aliphatic carbocycles. The van der Waals surface area contributed by atoms with Crippen LogP contribution in [-0.2, 0) is 6.42 Å². The number of nitrogens with zero attached hydrogens (tertiary/aromatic N) is 3. The molecule has 2 N–H and O–H groups in total. The third-order valence-electron chi connectivity index (χ3n) is 4.82. The molecule has 1 unspecified atom stereocenters. The number of hydrogen-bond acceptors (Lipinski definition) is 5. The monoisotopic (exact) mass is 341 g/mol. The number of aliphatic hydroxyl groups excluding tert-OH is 1. The second kappa shape index (κ2) is 8.07. The molecule has 6 heteroatoms. The highest BCUT2D eigenvalue weighted by molar-refractivity contribution is 5.85. The number of aliphatic hydroxyl groups is 1. The normalized spacial score (nSPS) is 16.6. The van der Waals surface area contributed by atoms with E-state index >= 15 is 0 Å². The van der Waals surface area contributed by atoms with E-state index in [4.69, 9.17) is 5.11 Å². The van der Waals surface area contributed by atoms with Crippen molar-refractivity contribution >= 4 is 11.8 Å². The fourth-order valence-corrected chi connectivity index (χ4v) is 3.32. The molecule has 2 heterocycles. The molecule has 0 saturated carbocycles. The second-order valence-electron chi connectivity index (χ2n) is 6.48. The summed E-state index contributed by atoms with van der Waals surface area (Å²) in [6.07, 6.45) is 5.94. The van der Waals surface area contributed by atoms with Crippen molar-refractivity contribution in [2.24, 2.45) is 5.92 Å². The Morgan fingerprint density at radius 3 is 2.60 bits per heavy atom. The minimum atomic E-state index is -1.07. The van der Waals surface area contributed by atoms with E-state index in [0.717, 1.165) is 38.8 Å². The summed E-state index contributed by atoms with van der Waals surface area (Å²) in [6, 6.07) is 10.2. The number of benzene rings is 1. The van der Waals surface area contributed by atoms with Crippen LogP contribution in [0.2, 0.25) is 0 Å². The van der Waals surface area contributed by atoms with Gasteiger partial charge in [-0.1, -0.05) is 30.3 Å². The molecule has 1 aliphatic rings. The van der Waals surface area contributed by atoms with E-state index in [9.17, 15) is 9.90 Å². The van der Waals surface area contributed by atoms with Gasteiger partial charge in [0, 0.05) is 13.1 Å². The highest BCUT2D eigenvalue weighted by Gasteiger charge is 2.26. The first kappa shape index (κ1) is 17.4. The Labute approximate surface area is 147 Å². The number of piperidine rings is 1. The molecular weight excluding hydrogens is 318 g/mol. The third kappa shape index (κ3) is 4.54. The van der Waals surface area contributed by atoms with E-state index in [-0.39, 0.29) is 17.7 Å². The van der Waals surface area contributed by atoms with Gasteiger partial charge in [0.1, 0.15) is 5.82 Å². The number of carboxylic acid groups (broad SMARTS) is 1. The highest BCUT2D eigenvalue weighted by Crippen LogP contribution is 2.26. The molecule has 25 heavy (non-hydrogen) atoms. The van der Waals surface area contributed by atoms with Gasteiger partial charge in [-0.05, 0) is 37.2 Å². The van der Waals surface area contributed by atoms with Crippen LogP contribution in [-0.4, -0.2) is 45.3 Å². The third-order valence-corrected chi connectivity index (χ3v) is 4.82. The van der Waals surface area contributed by atoms with Gasteiger partial charge < -0.3 is 15.1 Å². The number of aryl methyl sites for hydroxylation is 1. The van der Waals surface area contributed by atoms with Gasteiger partial charge in [0.25, 0.3) is 0 Å². The van der Waals surface area contributed by atoms with Gasteiger partial charge in [-0.3, -0.25) is 4.98 Å². The lowest BCUT2D eigenvalue weighted by atomic mass is 9.88. The van der Waals surface area contributed by atoms with Crippen LogP contribution in [0.3, 0.4) is 0 Å². The summed E-state index contributed by atoms with van der Waals surface area (Å²) in [4.78, 5) is 21.2. The van der Waals surface area contributed by atoms with Gasteiger partial charge in [-0.25, -0.2) is 9.78 Å². The largest absolute Gasteiger partial charge is 0.476 e. The zero-order valence-corrected chi connectivity index (χ0v) is 14.1. The summed E-state index contributed by atoms with van der Waals surface area (Å²) in [5, 5.41) is 19.5. The molecule has 1 fully saturated rings. The molecule has 3 rings (SSSR count). The molecule has 1 saturated heterocycles. The van der Waals surface area contributed by atoms with Crippen LogP contribution < -0.4 is 4.90 Å². The van der Waals surface area contributed by atoms with Crippen molar-refractivity contribution in [1.82, 2.24) is 9.97 Å². The maximum atomic E-state index is 11.0. The first-order chi connectivity index (χ1) is 12.1. The Kier molecular flexibility index (Phi) is 5.60. The minimum Gasteiger partial charge on any atom is -0.476 e. The van der Waals surface area contributed by atoms with E-state index in [1.54, 1.807) is 6.20 Å². The summed E-state index contributed by atoms with van der Waals surface area (Å²) >= 11 is 0. The molecule has 1 aliphatic heterocycles. The molecule has 1 atom stereocenters. The van der Waals surface area contributed by atoms with Crippen molar-refractivity contribution in [3.63, 3.8) is 0 Å². The highest BCUT2D eigenvalue weighted by atomic mass is 16.4. The Hall–Kier alpha value is -2.47. The molecule has 0 radical (unpaired) electrons. The zero-order valence-electron chi connectivity index (χ0n) is 14.1. The number of aromatic carboxylic acids is 1. The van der Waals surface area contributed by atoms with E-state index < -0.39 is 5.97 Å². The van der Waals surface area contributed by atoms with Crippen LogP contribution in [0.5, 0.6) is 0 Å². The molecule has 0 amide bonds. The van der Waals surface area contributed by atoms with Crippen LogP contribution in [0.4, 0.5) is 5.82 Å². The first-order valence-electron chi connectivity index (χ1n) is 8.66. The number of carbonyl (C=O) groups is 1. The van der Waals surface area contributed by atoms with Crippen LogP contribution in [0.25, 0.3) is 0 Å². The van der Waals surface area contributed by atoms with Crippen molar-refractivity contribution in [3.8, 4) is 0 Å². The van der Waals surface area contributed by atoms with E-state index in [1.165, 1.54) is 11.8 Å². The average Bonchev–Trinajstić information content (AvgIpc) is 2.67. The lowest BCUT2D eigenvalue weighted by molar-refractivity contribution is 0.0690. The van der Waals surface area contributed by atoms with Gasteiger partial charge in [0.05, 0.1) is 18.5 Å². The summed E-state index contributed by atoms with van der Waals surface area (Å²) in [7, 11) is 0. The molecule has 2 aromatic rings. The first-order valence-corrected chi connectivity index (χ1v) is 8.66. The van der Waals surface area contributed by atoms with Crippen molar-refractivity contribution in [2.75, 3.05) is 18.0 Å². The minimum absolute atomic E-state index is 0.0393. The van der Waals surface area contributed by atoms with Gasteiger partial charge in [-0.15, -0.1) is 0 Å². The number of hydrogen-bond donors (Lipinski definition) is 2. The summed E-state index contributed by atoms with van der Waals surface area (Å²) in [6.45, 7) is 1.51. The smallest absolute Gasteiger partial charge is 0.356 e. The van der Waals surface area contributed by atoms with Crippen LogP contribution >= 0.6 is 0 Å². The lowest BCUT2D eigenvalue weighted by Gasteiger charge is -2.34. The molecule has 6 nitrogen and oxygen atoms in total. The van der Waals surface area contributed by atoms with Gasteiger partial charge in [-0.2, -0.15) is 0 Å². The quantitative estimate of drug-likeness (QED) is 0.839. The molecule has 1 aromatic heterocycles. The fraction of sp³-hybridized carbons (Fsp3) is 0.421. The molecule has 0 spiro atoms. The van der Waals surface area contributed by atoms with E-state index in [0.29, 0.717) is 5.82 Å². The molecule has 1 aromatic carbocycles. The van der Waals surface area contributed by atoms with Gasteiger partial charge in [0.15, 0.2) is 5.69 Å². The van der Waals surface area contributed by atoms with Crippen LogP contribution in [0.15, 0.2) is 42.7 Å². The Morgan fingerprint density at radius 1 is 1.20 bits per heavy atom. The summed E-state index contributed by atoms with van der Waals surface area (Å²) in [5.74, 6) is -0.201.